The summed E-state index contributed by atoms with van der Waals surface area (Å²) in [4.78, 5) is 11.5. The predicted octanol–water partition coefficient (Wildman–Crippen LogP) is 2.79. The molecule has 0 aromatic carbocycles. The summed E-state index contributed by atoms with van der Waals surface area (Å²) in [5, 5.41) is 0. The van der Waals surface area contributed by atoms with Crippen molar-refractivity contribution in [3.05, 3.63) is 11.0 Å². The Bertz CT molecular complexity index is 1050. The first kappa shape index (κ1) is 21.6. The van der Waals surface area contributed by atoms with Crippen LogP contribution >= 0.6 is 40.5 Å². The number of rotatable bonds is 4. The highest BCUT2D eigenvalue weighted by Crippen LogP contribution is 2.58. The van der Waals surface area contributed by atoms with Gasteiger partial charge in [-0.25, -0.2) is 4.98 Å². The standard InChI is InChI=1S/C15H20N5O5PS4/c1-21-9-4-29-30-5-10(9)25-26(28)22-3-8-7(24-26)2-11(23-8)20-6-17-12-13(20)18-15(16)19-14(12)27/h6-11H,2-5H2,1H3,(H3,16,18,19,27)/t7-,8+,9-,10-,11+,26-/m0/s1. The Hall–Kier alpha value is -0.280. The fraction of sp³-hybridized carbons (Fsp3) is 0.667. The molecular formula is C15H20N5O5PS4. The lowest BCUT2D eigenvalue weighted by molar-refractivity contribution is -0.0697. The van der Waals surface area contributed by atoms with E-state index in [1.165, 1.54) is 0 Å². The van der Waals surface area contributed by atoms with Gasteiger partial charge in [-0.2, -0.15) is 4.98 Å². The summed E-state index contributed by atoms with van der Waals surface area (Å²) < 4.78 is 32.1. The molecule has 0 bridgehead atoms. The summed E-state index contributed by atoms with van der Waals surface area (Å²) in [6.45, 7) is -2.59. The molecule has 30 heavy (non-hydrogen) atoms. The van der Waals surface area contributed by atoms with Crippen molar-refractivity contribution in [3.63, 3.8) is 0 Å². The Balaban J connectivity index is 1.32. The van der Waals surface area contributed by atoms with Gasteiger partial charge in [0, 0.05) is 25.0 Å². The summed E-state index contributed by atoms with van der Waals surface area (Å²) in [5.41, 5.74) is 6.95. The van der Waals surface area contributed by atoms with E-state index in [1.54, 1.807) is 35.0 Å². The second-order valence-corrected chi connectivity index (χ2v) is 12.9. The van der Waals surface area contributed by atoms with Crippen molar-refractivity contribution >= 4 is 69.4 Å². The van der Waals surface area contributed by atoms with Crippen LogP contribution in [-0.4, -0.2) is 69.2 Å². The normalized spacial score (nSPS) is 36.8. The molecule has 6 atom stereocenters. The molecule has 0 radical (unpaired) electrons. The van der Waals surface area contributed by atoms with Gasteiger partial charge >= 0.3 is 6.72 Å². The maximum absolute atomic E-state index is 6.16. The first-order valence-corrected chi connectivity index (χ1v) is 14.7. The molecule has 15 heteroatoms. The number of nitrogen functional groups attached to an aromatic ring is 1. The van der Waals surface area contributed by atoms with Crippen LogP contribution in [0.25, 0.3) is 11.2 Å². The quantitative estimate of drug-likeness (QED) is 0.358. The number of fused-ring (bicyclic) bond motifs is 2. The van der Waals surface area contributed by atoms with Crippen LogP contribution in [0.5, 0.6) is 0 Å². The molecule has 0 saturated carbocycles. The third-order valence-corrected chi connectivity index (χ3v) is 10.2. The lowest BCUT2D eigenvalue weighted by Gasteiger charge is -2.37. The van der Waals surface area contributed by atoms with Gasteiger partial charge in [0.15, 0.2) is 5.65 Å². The van der Waals surface area contributed by atoms with Crippen LogP contribution in [0.4, 0.5) is 5.95 Å². The molecule has 0 amide bonds. The summed E-state index contributed by atoms with van der Waals surface area (Å²) in [5.74, 6) is 1.84. The van der Waals surface area contributed by atoms with Crippen molar-refractivity contribution < 1.29 is 23.0 Å². The zero-order chi connectivity index (χ0) is 20.9. The molecule has 3 aliphatic heterocycles. The molecule has 3 aliphatic rings. The topological polar surface area (TPSA) is 119 Å². The van der Waals surface area contributed by atoms with Crippen molar-refractivity contribution in [2.75, 3.05) is 31.0 Å². The number of H-pyrrole nitrogens is 1. The molecule has 5 rings (SSSR count). The molecule has 3 saturated heterocycles. The smallest absolute Gasteiger partial charge is 0.328 e. The van der Waals surface area contributed by atoms with E-state index in [2.05, 4.69) is 15.0 Å². The third kappa shape index (κ3) is 4.07. The Morgan fingerprint density at radius 2 is 2.13 bits per heavy atom. The van der Waals surface area contributed by atoms with Gasteiger partial charge in [-0.3, -0.25) is 4.57 Å². The van der Waals surface area contributed by atoms with Gasteiger partial charge in [0.05, 0.1) is 25.1 Å². The van der Waals surface area contributed by atoms with E-state index < -0.39 is 6.72 Å². The number of aromatic nitrogens is 4. The zero-order valence-corrected chi connectivity index (χ0v) is 20.0. The molecule has 2 aromatic rings. The van der Waals surface area contributed by atoms with Crippen LogP contribution in [0, 0.1) is 4.64 Å². The third-order valence-electron chi connectivity index (χ3n) is 5.13. The minimum atomic E-state index is -2.90. The fourth-order valence-corrected chi connectivity index (χ4v) is 8.90. The first-order chi connectivity index (χ1) is 14.5. The number of methoxy groups -OCH3 is 1. The lowest BCUT2D eigenvalue weighted by Crippen LogP contribution is -2.39. The van der Waals surface area contributed by atoms with Crippen molar-refractivity contribution in [3.8, 4) is 0 Å². The van der Waals surface area contributed by atoms with Crippen LogP contribution in [0.2, 0.25) is 0 Å². The van der Waals surface area contributed by atoms with Crippen molar-refractivity contribution in [2.24, 2.45) is 0 Å². The second-order valence-electron chi connectivity index (χ2n) is 7.01. The number of hydrogen-bond acceptors (Lipinski definition) is 12. The van der Waals surface area contributed by atoms with Crippen LogP contribution < -0.4 is 5.73 Å². The highest BCUT2D eigenvalue weighted by Gasteiger charge is 2.47. The summed E-state index contributed by atoms with van der Waals surface area (Å²) in [6.07, 6.45) is 1.19. The van der Waals surface area contributed by atoms with E-state index in [0.717, 1.165) is 11.5 Å². The lowest BCUT2D eigenvalue weighted by atomic mass is 10.2. The van der Waals surface area contributed by atoms with E-state index in [0.29, 0.717) is 28.8 Å². The van der Waals surface area contributed by atoms with Crippen LogP contribution in [0.3, 0.4) is 0 Å². The van der Waals surface area contributed by atoms with Gasteiger partial charge in [0.2, 0.25) is 5.95 Å². The Morgan fingerprint density at radius 3 is 2.93 bits per heavy atom. The number of nitrogens with two attached hydrogens (primary N) is 1. The first-order valence-electron chi connectivity index (χ1n) is 9.22. The second kappa shape index (κ2) is 8.58. The molecule has 164 valence electrons. The highest BCUT2D eigenvalue weighted by atomic mass is 33.1. The molecule has 10 nitrogen and oxygen atoms in total. The molecule has 0 aliphatic carbocycles. The monoisotopic (exact) mass is 509 g/mol. The highest BCUT2D eigenvalue weighted by molar-refractivity contribution is 8.76. The number of nitrogens with one attached hydrogen (secondary N) is 1. The fourth-order valence-electron chi connectivity index (χ4n) is 3.63. The van der Waals surface area contributed by atoms with Crippen molar-refractivity contribution in [1.29, 1.82) is 0 Å². The Morgan fingerprint density at radius 1 is 1.33 bits per heavy atom. The van der Waals surface area contributed by atoms with E-state index in [4.69, 9.17) is 52.8 Å². The number of aromatic amines is 1. The van der Waals surface area contributed by atoms with E-state index >= 15 is 0 Å². The Labute approximate surface area is 190 Å². The van der Waals surface area contributed by atoms with E-state index in [-0.39, 0.29) is 36.6 Å². The molecular weight excluding hydrogens is 489 g/mol. The average molecular weight is 510 g/mol. The largest absolute Gasteiger partial charge is 0.378 e. The number of nitrogens with zero attached hydrogens (tertiary/aromatic N) is 3. The van der Waals surface area contributed by atoms with Crippen LogP contribution in [0.1, 0.15) is 12.6 Å². The van der Waals surface area contributed by atoms with Gasteiger partial charge in [-0.1, -0.05) is 33.8 Å². The van der Waals surface area contributed by atoms with Gasteiger partial charge in [0.1, 0.15) is 28.6 Å². The SMILES string of the molecule is CO[C@H]1CSSC[C@@H]1O[P@]1(=S)OC[C@H]2O[C@@H](n3cnc4c(=S)[nH]c(N)nc43)C[C@@H]2O1. The minimum absolute atomic E-state index is 0.0354. The van der Waals surface area contributed by atoms with Gasteiger partial charge in [-0.15, -0.1) is 0 Å². The maximum Gasteiger partial charge on any atom is 0.328 e. The van der Waals surface area contributed by atoms with Crippen molar-refractivity contribution in [1.82, 2.24) is 19.5 Å². The molecule has 5 heterocycles. The van der Waals surface area contributed by atoms with Gasteiger partial charge in [0.25, 0.3) is 0 Å². The van der Waals surface area contributed by atoms with Gasteiger partial charge < -0.3 is 33.8 Å². The maximum atomic E-state index is 6.16. The molecule has 3 N–H and O–H groups in total. The predicted molar refractivity (Wildman–Crippen MR) is 121 cm³/mol. The number of anilines is 1. The zero-order valence-electron chi connectivity index (χ0n) is 15.8. The van der Waals surface area contributed by atoms with Gasteiger partial charge in [-0.05, 0) is 11.8 Å². The number of ether oxygens (including phenoxy) is 2. The molecule has 3 fully saturated rings. The van der Waals surface area contributed by atoms with Crippen LogP contribution in [-0.2, 0) is 34.9 Å². The molecule has 2 aromatic heterocycles. The van der Waals surface area contributed by atoms with Crippen molar-refractivity contribution in [2.45, 2.75) is 37.1 Å². The number of hydrogen-bond donors (Lipinski definition) is 2. The summed E-state index contributed by atoms with van der Waals surface area (Å²) in [7, 11) is 5.19. The summed E-state index contributed by atoms with van der Waals surface area (Å²) >= 11 is 10.9. The molecule has 0 unspecified atom stereocenters. The summed E-state index contributed by atoms with van der Waals surface area (Å²) in [6, 6.07) is 0. The van der Waals surface area contributed by atoms with E-state index in [1.807, 2.05) is 4.57 Å². The average Bonchev–Trinajstić information content (AvgIpc) is 3.31. The molecule has 0 spiro atoms. The van der Waals surface area contributed by atoms with E-state index in [9.17, 15) is 0 Å². The Kier molecular flexibility index (Phi) is 6.17. The van der Waals surface area contributed by atoms with Crippen LogP contribution in [0.15, 0.2) is 6.33 Å². The minimum Gasteiger partial charge on any atom is -0.378 e. The number of imidazole rings is 1.